The topological polar surface area (TPSA) is 114 Å². The van der Waals surface area contributed by atoms with E-state index >= 15 is 0 Å². The van der Waals surface area contributed by atoms with Crippen LogP contribution in [0.5, 0.6) is 0 Å². The molecule has 9 heteroatoms. The molecule has 2 amide bonds. The minimum atomic E-state index is -3.06. The molecule has 2 heterocycles. The molecule has 0 aliphatic carbocycles. The molecule has 1 saturated heterocycles. The number of rotatable bonds is 6. The third-order valence-corrected chi connectivity index (χ3v) is 5.19. The number of ether oxygens (including phenoxy) is 1. The number of methoxy groups -OCH3 is 1. The fraction of sp³-hybridized carbons (Fsp3) is 0.500. The number of carbonyl (C=O) groups is 2. The normalized spacial score (nSPS) is 19.3. The van der Waals surface area contributed by atoms with Gasteiger partial charge in [-0.1, -0.05) is 0 Å². The number of pyridine rings is 1. The highest BCUT2D eigenvalue weighted by Crippen LogP contribution is 2.12. The zero-order valence-electron chi connectivity index (χ0n) is 12.7. The zero-order chi connectivity index (χ0) is 16.9. The van der Waals surface area contributed by atoms with Crippen molar-refractivity contribution in [3.05, 3.63) is 29.6 Å². The highest BCUT2D eigenvalue weighted by Gasteiger charge is 2.29. The van der Waals surface area contributed by atoms with E-state index in [1.807, 2.05) is 0 Å². The van der Waals surface area contributed by atoms with Crippen LogP contribution in [0.1, 0.15) is 27.1 Å². The minimum Gasteiger partial charge on any atom is -0.383 e. The molecule has 1 aromatic rings. The highest BCUT2D eigenvalue weighted by atomic mass is 32.2. The second kappa shape index (κ2) is 7.51. The van der Waals surface area contributed by atoms with Crippen molar-refractivity contribution in [2.24, 2.45) is 0 Å². The number of hydrogen-bond acceptors (Lipinski definition) is 6. The van der Waals surface area contributed by atoms with E-state index in [9.17, 15) is 18.0 Å². The summed E-state index contributed by atoms with van der Waals surface area (Å²) >= 11 is 0. The van der Waals surface area contributed by atoms with Crippen molar-refractivity contribution in [1.29, 1.82) is 0 Å². The molecule has 2 rings (SSSR count). The summed E-state index contributed by atoms with van der Waals surface area (Å²) in [6.07, 6.45) is 3.10. The maximum Gasteiger partial charge on any atom is 0.253 e. The van der Waals surface area contributed by atoms with Gasteiger partial charge in [0.1, 0.15) is 0 Å². The van der Waals surface area contributed by atoms with Gasteiger partial charge in [0.05, 0.1) is 29.2 Å². The molecule has 2 N–H and O–H groups in total. The van der Waals surface area contributed by atoms with Crippen molar-refractivity contribution < 1.29 is 22.7 Å². The molecule has 1 fully saturated rings. The SMILES string of the molecule is COCCNC(=O)c1cncc(C(=O)NC2CCS(=O)(=O)C2)c1. The lowest BCUT2D eigenvalue weighted by molar-refractivity contribution is 0.0936. The molecule has 1 atom stereocenters. The molecule has 1 unspecified atom stereocenters. The van der Waals surface area contributed by atoms with Gasteiger partial charge in [-0.25, -0.2) is 8.42 Å². The lowest BCUT2D eigenvalue weighted by Crippen LogP contribution is -2.36. The summed E-state index contributed by atoms with van der Waals surface area (Å²) in [5.41, 5.74) is 0.474. The van der Waals surface area contributed by atoms with Crippen LogP contribution in [0.2, 0.25) is 0 Å². The van der Waals surface area contributed by atoms with Crippen LogP contribution in [-0.4, -0.2) is 63.0 Å². The van der Waals surface area contributed by atoms with Gasteiger partial charge in [-0.15, -0.1) is 0 Å². The minimum absolute atomic E-state index is 0.0522. The summed E-state index contributed by atoms with van der Waals surface area (Å²) in [5, 5.41) is 5.29. The molecule has 126 valence electrons. The number of amides is 2. The molecular weight excluding hydrogens is 322 g/mol. The first-order chi connectivity index (χ1) is 10.9. The van der Waals surface area contributed by atoms with E-state index in [-0.39, 0.29) is 28.5 Å². The predicted molar refractivity (Wildman–Crippen MR) is 83.0 cm³/mol. The Kier molecular flexibility index (Phi) is 5.67. The monoisotopic (exact) mass is 341 g/mol. The molecule has 1 aliphatic rings. The summed E-state index contributed by atoms with van der Waals surface area (Å²) in [4.78, 5) is 27.9. The van der Waals surface area contributed by atoms with Crippen molar-refractivity contribution in [3.63, 3.8) is 0 Å². The summed E-state index contributed by atoms with van der Waals surface area (Å²) in [7, 11) is -1.53. The fourth-order valence-corrected chi connectivity index (χ4v) is 3.91. The summed E-state index contributed by atoms with van der Waals surface area (Å²) in [6, 6.07) is 1.03. The van der Waals surface area contributed by atoms with Crippen LogP contribution < -0.4 is 10.6 Å². The Balaban J connectivity index is 1.98. The third-order valence-electron chi connectivity index (χ3n) is 3.42. The highest BCUT2D eigenvalue weighted by molar-refractivity contribution is 7.91. The fourth-order valence-electron chi connectivity index (χ4n) is 2.23. The maximum atomic E-state index is 12.1. The van der Waals surface area contributed by atoms with Gasteiger partial charge in [0.15, 0.2) is 9.84 Å². The van der Waals surface area contributed by atoms with Crippen LogP contribution in [0.4, 0.5) is 0 Å². The number of nitrogens with zero attached hydrogens (tertiary/aromatic N) is 1. The van der Waals surface area contributed by atoms with Crippen LogP contribution in [-0.2, 0) is 14.6 Å². The van der Waals surface area contributed by atoms with E-state index < -0.39 is 21.8 Å². The average molecular weight is 341 g/mol. The van der Waals surface area contributed by atoms with Crippen molar-refractivity contribution in [2.45, 2.75) is 12.5 Å². The van der Waals surface area contributed by atoms with E-state index in [1.165, 1.54) is 25.6 Å². The predicted octanol–water partition coefficient (Wildman–Crippen LogP) is -0.625. The summed E-state index contributed by atoms with van der Waals surface area (Å²) in [6.45, 7) is 0.737. The number of nitrogens with one attached hydrogen (secondary N) is 2. The molecule has 0 spiro atoms. The quantitative estimate of drug-likeness (QED) is 0.666. The Morgan fingerprint density at radius 3 is 2.61 bits per heavy atom. The Morgan fingerprint density at radius 1 is 1.30 bits per heavy atom. The second-order valence-electron chi connectivity index (χ2n) is 5.28. The number of sulfone groups is 1. The van der Waals surface area contributed by atoms with E-state index in [2.05, 4.69) is 15.6 Å². The Labute approximate surface area is 134 Å². The molecule has 0 bridgehead atoms. The molecule has 0 radical (unpaired) electrons. The lowest BCUT2D eigenvalue weighted by atomic mass is 10.1. The first kappa shape index (κ1) is 17.4. The van der Waals surface area contributed by atoms with Crippen LogP contribution >= 0.6 is 0 Å². The van der Waals surface area contributed by atoms with Gasteiger partial charge >= 0.3 is 0 Å². The van der Waals surface area contributed by atoms with Crippen LogP contribution in [0.3, 0.4) is 0 Å². The van der Waals surface area contributed by atoms with Crippen LogP contribution in [0, 0.1) is 0 Å². The van der Waals surface area contributed by atoms with Gasteiger partial charge in [0, 0.05) is 32.1 Å². The maximum absolute atomic E-state index is 12.1. The van der Waals surface area contributed by atoms with Crippen LogP contribution in [0.25, 0.3) is 0 Å². The Morgan fingerprint density at radius 2 is 2.00 bits per heavy atom. The molecule has 8 nitrogen and oxygen atoms in total. The standard InChI is InChI=1S/C14H19N3O5S/c1-22-4-3-16-13(18)10-6-11(8-15-7-10)14(19)17-12-2-5-23(20,21)9-12/h6-8,12H,2-5,9H2,1H3,(H,16,18)(H,17,19). The van der Waals surface area contributed by atoms with E-state index in [0.717, 1.165) is 0 Å². The molecule has 0 saturated carbocycles. The first-order valence-electron chi connectivity index (χ1n) is 7.15. The van der Waals surface area contributed by atoms with Crippen molar-refractivity contribution in [1.82, 2.24) is 15.6 Å². The Bertz CT molecular complexity index is 689. The zero-order valence-corrected chi connectivity index (χ0v) is 13.6. The van der Waals surface area contributed by atoms with Crippen molar-refractivity contribution in [3.8, 4) is 0 Å². The summed E-state index contributed by atoms with van der Waals surface area (Å²) < 4.78 is 27.6. The van der Waals surface area contributed by atoms with Gasteiger partial charge < -0.3 is 15.4 Å². The van der Waals surface area contributed by atoms with E-state index in [1.54, 1.807) is 0 Å². The van der Waals surface area contributed by atoms with E-state index in [4.69, 9.17) is 4.74 Å². The van der Waals surface area contributed by atoms with E-state index in [0.29, 0.717) is 19.6 Å². The molecule has 0 aromatic carbocycles. The smallest absolute Gasteiger partial charge is 0.253 e. The third kappa shape index (κ3) is 5.00. The van der Waals surface area contributed by atoms with Gasteiger partial charge in [-0.2, -0.15) is 0 Å². The number of aromatic nitrogens is 1. The lowest BCUT2D eigenvalue weighted by Gasteiger charge is -2.11. The molecule has 23 heavy (non-hydrogen) atoms. The second-order valence-corrected chi connectivity index (χ2v) is 7.51. The van der Waals surface area contributed by atoms with Crippen LogP contribution in [0.15, 0.2) is 18.5 Å². The molecular formula is C14H19N3O5S. The molecule has 1 aliphatic heterocycles. The van der Waals surface area contributed by atoms with Gasteiger partial charge in [-0.3, -0.25) is 14.6 Å². The van der Waals surface area contributed by atoms with Crippen molar-refractivity contribution >= 4 is 21.7 Å². The average Bonchev–Trinajstić information content (AvgIpc) is 2.86. The number of hydrogen-bond donors (Lipinski definition) is 2. The van der Waals surface area contributed by atoms with Crippen molar-refractivity contribution in [2.75, 3.05) is 31.8 Å². The number of carbonyl (C=O) groups excluding carboxylic acids is 2. The molecule has 1 aromatic heterocycles. The van der Waals surface area contributed by atoms with Gasteiger partial charge in [-0.05, 0) is 12.5 Å². The Hall–Kier alpha value is -2.00. The first-order valence-corrected chi connectivity index (χ1v) is 8.97. The van der Waals surface area contributed by atoms with Gasteiger partial charge in [0.2, 0.25) is 0 Å². The van der Waals surface area contributed by atoms with Gasteiger partial charge in [0.25, 0.3) is 11.8 Å². The summed E-state index contributed by atoms with van der Waals surface area (Å²) in [5.74, 6) is -0.764. The largest absolute Gasteiger partial charge is 0.383 e.